The fourth-order valence-electron chi connectivity index (χ4n) is 2.02. The van der Waals surface area contributed by atoms with Gasteiger partial charge in [0.1, 0.15) is 5.82 Å². The van der Waals surface area contributed by atoms with Crippen molar-refractivity contribution in [1.29, 1.82) is 0 Å². The van der Waals surface area contributed by atoms with Crippen LogP contribution in [0.5, 0.6) is 0 Å². The molecule has 3 N–H and O–H groups in total. The number of nitrogens with zero attached hydrogens (tertiary/aromatic N) is 2. The van der Waals surface area contributed by atoms with Gasteiger partial charge in [-0.25, -0.2) is 4.68 Å². The van der Waals surface area contributed by atoms with E-state index in [1.165, 1.54) is 5.56 Å². The Bertz CT molecular complexity index is 460. The van der Waals surface area contributed by atoms with Gasteiger partial charge >= 0.3 is 0 Å². The minimum absolute atomic E-state index is 0.338. The van der Waals surface area contributed by atoms with Crippen LogP contribution in [0.4, 0.5) is 11.5 Å². The lowest BCUT2D eigenvalue weighted by Gasteiger charge is -2.25. The third-order valence-corrected chi connectivity index (χ3v) is 3.46. The summed E-state index contributed by atoms with van der Waals surface area (Å²) in [5, 5.41) is 11.9. The third kappa shape index (κ3) is 1.31. The van der Waals surface area contributed by atoms with Crippen LogP contribution in [-0.4, -0.2) is 16.3 Å². The molecule has 0 fully saturated rings. The van der Waals surface area contributed by atoms with E-state index in [1.807, 2.05) is 4.68 Å². The number of rotatable bonds is 1. The van der Waals surface area contributed by atoms with Gasteiger partial charge in [-0.1, -0.05) is 0 Å². The summed E-state index contributed by atoms with van der Waals surface area (Å²) in [4.78, 5) is 0. The Morgan fingerprint density at radius 3 is 3.33 bits per heavy atom. The molecule has 1 unspecified atom stereocenters. The highest BCUT2D eigenvalue weighted by atomic mass is 32.1. The molecule has 1 aliphatic heterocycles. The average Bonchev–Trinajstić information content (AvgIpc) is 2.88. The molecule has 15 heavy (non-hydrogen) atoms. The van der Waals surface area contributed by atoms with Gasteiger partial charge in [0.2, 0.25) is 0 Å². The molecule has 1 atom stereocenters. The van der Waals surface area contributed by atoms with Crippen LogP contribution < -0.4 is 11.1 Å². The summed E-state index contributed by atoms with van der Waals surface area (Å²) in [7, 11) is 0. The molecular weight excluding hydrogens is 208 g/mol. The van der Waals surface area contributed by atoms with Gasteiger partial charge < -0.3 is 11.1 Å². The average molecular weight is 220 g/mol. The van der Waals surface area contributed by atoms with E-state index in [-0.39, 0.29) is 0 Å². The zero-order valence-corrected chi connectivity index (χ0v) is 9.00. The van der Waals surface area contributed by atoms with Gasteiger partial charge in [0.15, 0.2) is 0 Å². The molecule has 4 nitrogen and oxygen atoms in total. The summed E-state index contributed by atoms with van der Waals surface area (Å²) >= 11 is 1.72. The number of aromatic nitrogens is 2. The summed E-state index contributed by atoms with van der Waals surface area (Å²) in [5.41, 5.74) is 7.89. The molecule has 2 aromatic rings. The molecular formula is C10H12N4S. The maximum Gasteiger partial charge on any atom is 0.148 e. The standard InChI is InChI=1S/C10H12N4S/c11-8-5-13-14-9(1-3-12-10(8)14)7-2-4-15-6-7/h2,4-6,9,12H,1,3,11H2. The first kappa shape index (κ1) is 8.79. The van der Waals surface area contributed by atoms with E-state index < -0.39 is 0 Å². The van der Waals surface area contributed by atoms with Crippen molar-refractivity contribution in [2.24, 2.45) is 0 Å². The number of hydrogen-bond donors (Lipinski definition) is 2. The summed E-state index contributed by atoms with van der Waals surface area (Å²) < 4.78 is 1.99. The second kappa shape index (κ2) is 3.27. The number of nitrogen functional groups attached to an aromatic ring is 1. The van der Waals surface area contributed by atoms with E-state index in [1.54, 1.807) is 17.5 Å². The zero-order chi connectivity index (χ0) is 10.3. The molecule has 0 spiro atoms. The topological polar surface area (TPSA) is 55.9 Å². The van der Waals surface area contributed by atoms with Crippen LogP contribution in [-0.2, 0) is 0 Å². The van der Waals surface area contributed by atoms with Crippen molar-refractivity contribution in [3.63, 3.8) is 0 Å². The SMILES string of the molecule is Nc1cnn2c1NCCC2c1ccsc1. The predicted octanol–water partition coefficient (Wildman–Crippen LogP) is 1.93. The second-order valence-electron chi connectivity index (χ2n) is 3.68. The number of hydrogen-bond acceptors (Lipinski definition) is 4. The third-order valence-electron chi connectivity index (χ3n) is 2.76. The maximum absolute atomic E-state index is 5.83. The second-order valence-corrected chi connectivity index (χ2v) is 4.46. The predicted molar refractivity (Wildman–Crippen MR) is 62.2 cm³/mol. The normalized spacial score (nSPS) is 19.6. The van der Waals surface area contributed by atoms with Crippen molar-refractivity contribution < 1.29 is 0 Å². The van der Waals surface area contributed by atoms with Gasteiger partial charge in [-0.2, -0.15) is 16.4 Å². The van der Waals surface area contributed by atoms with Gasteiger partial charge in [-0.05, 0) is 28.8 Å². The Hall–Kier alpha value is -1.49. The number of thiophene rings is 1. The van der Waals surface area contributed by atoms with E-state index in [9.17, 15) is 0 Å². The van der Waals surface area contributed by atoms with Crippen LogP contribution in [0.25, 0.3) is 0 Å². The molecule has 0 radical (unpaired) electrons. The molecule has 1 aliphatic rings. The van der Waals surface area contributed by atoms with E-state index in [4.69, 9.17) is 5.73 Å². The van der Waals surface area contributed by atoms with Gasteiger partial charge in [-0.3, -0.25) is 0 Å². The van der Waals surface area contributed by atoms with Crippen molar-refractivity contribution >= 4 is 22.8 Å². The van der Waals surface area contributed by atoms with Gasteiger partial charge in [0.25, 0.3) is 0 Å². The van der Waals surface area contributed by atoms with Crippen LogP contribution in [0.2, 0.25) is 0 Å². The first-order chi connectivity index (χ1) is 7.36. The highest BCUT2D eigenvalue weighted by Gasteiger charge is 2.23. The van der Waals surface area contributed by atoms with Crippen LogP contribution in [0.1, 0.15) is 18.0 Å². The minimum atomic E-state index is 0.338. The first-order valence-electron chi connectivity index (χ1n) is 4.95. The summed E-state index contributed by atoms with van der Waals surface area (Å²) in [6.07, 6.45) is 2.78. The molecule has 3 heterocycles. The Labute approximate surface area is 91.7 Å². The molecule has 0 aliphatic carbocycles. The Morgan fingerprint density at radius 2 is 2.53 bits per heavy atom. The monoisotopic (exact) mass is 220 g/mol. The van der Waals surface area contributed by atoms with E-state index >= 15 is 0 Å². The highest BCUT2D eigenvalue weighted by Crippen LogP contribution is 2.32. The molecule has 0 bridgehead atoms. The smallest absolute Gasteiger partial charge is 0.148 e. The molecule has 5 heteroatoms. The molecule has 3 rings (SSSR count). The van der Waals surface area contributed by atoms with Crippen molar-refractivity contribution in [1.82, 2.24) is 9.78 Å². The Morgan fingerprint density at radius 1 is 1.60 bits per heavy atom. The number of nitrogens with one attached hydrogen (secondary N) is 1. The largest absolute Gasteiger partial charge is 0.394 e. The van der Waals surface area contributed by atoms with Gasteiger partial charge in [-0.15, -0.1) is 0 Å². The summed E-state index contributed by atoms with van der Waals surface area (Å²) in [5.74, 6) is 0.956. The molecule has 78 valence electrons. The van der Waals surface area contributed by atoms with Crippen molar-refractivity contribution in [2.75, 3.05) is 17.6 Å². The lowest BCUT2D eigenvalue weighted by atomic mass is 10.1. The fraction of sp³-hybridized carbons (Fsp3) is 0.300. The first-order valence-corrected chi connectivity index (χ1v) is 5.89. The van der Waals surface area contributed by atoms with Crippen LogP contribution in [0, 0.1) is 0 Å². The molecule has 2 aromatic heterocycles. The molecule has 0 aromatic carbocycles. The van der Waals surface area contributed by atoms with Gasteiger partial charge in [0, 0.05) is 6.54 Å². The Balaban J connectivity index is 2.07. The van der Waals surface area contributed by atoms with Crippen molar-refractivity contribution in [3.05, 3.63) is 28.6 Å². The summed E-state index contributed by atoms with van der Waals surface area (Å²) in [6, 6.07) is 2.49. The van der Waals surface area contributed by atoms with Crippen molar-refractivity contribution in [2.45, 2.75) is 12.5 Å². The summed E-state index contributed by atoms with van der Waals surface area (Å²) in [6.45, 7) is 0.955. The number of fused-ring (bicyclic) bond motifs is 1. The van der Waals surface area contributed by atoms with E-state index in [0.717, 1.165) is 24.5 Å². The lowest BCUT2D eigenvalue weighted by Crippen LogP contribution is -2.24. The molecule has 0 amide bonds. The zero-order valence-electron chi connectivity index (χ0n) is 8.18. The number of anilines is 2. The maximum atomic E-state index is 5.83. The lowest BCUT2D eigenvalue weighted by molar-refractivity contribution is 0.483. The highest BCUT2D eigenvalue weighted by molar-refractivity contribution is 7.07. The molecule has 0 saturated heterocycles. The van der Waals surface area contributed by atoms with Crippen LogP contribution in [0.15, 0.2) is 23.0 Å². The number of nitrogens with two attached hydrogens (primary N) is 1. The van der Waals surface area contributed by atoms with E-state index in [0.29, 0.717) is 6.04 Å². The van der Waals surface area contributed by atoms with E-state index in [2.05, 4.69) is 27.2 Å². The fourth-order valence-corrected chi connectivity index (χ4v) is 2.72. The quantitative estimate of drug-likeness (QED) is 0.772. The Kier molecular flexibility index (Phi) is 1.92. The molecule has 0 saturated carbocycles. The van der Waals surface area contributed by atoms with Crippen LogP contribution in [0.3, 0.4) is 0 Å². The van der Waals surface area contributed by atoms with Gasteiger partial charge in [0.05, 0.1) is 17.9 Å². The van der Waals surface area contributed by atoms with Crippen LogP contribution >= 0.6 is 11.3 Å². The minimum Gasteiger partial charge on any atom is -0.394 e. The van der Waals surface area contributed by atoms with Crippen molar-refractivity contribution in [3.8, 4) is 0 Å².